The fourth-order valence-corrected chi connectivity index (χ4v) is 17.3. The molecule has 0 aliphatic heterocycles. The van der Waals surface area contributed by atoms with Crippen molar-refractivity contribution in [3.8, 4) is 6.62 Å². The Bertz CT molecular complexity index is 381. The van der Waals surface area contributed by atoms with E-state index in [-0.39, 0.29) is 0 Å². The third-order valence-electron chi connectivity index (χ3n) is 2.14. The molecule has 0 atom stereocenters. The topological polar surface area (TPSA) is 0 Å². The van der Waals surface area contributed by atoms with Crippen LogP contribution in [0.5, 0.6) is 0 Å². The summed E-state index contributed by atoms with van der Waals surface area (Å²) in [5.41, 5.74) is 0. The van der Waals surface area contributed by atoms with Gasteiger partial charge in [-0.15, -0.1) is 0 Å². The molecule has 14 heavy (non-hydrogen) atoms. The van der Waals surface area contributed by atoms with E-state index in [4.69, 9.17) is 0 Å². The van der Waals surface area contributed by atoms with Crippen molar-refractivity contribution in [2.45, 2.75) is 27.7 Å². The Morgan fingerprint density at radius 3 is 1.29 bits per heavy atom. The van der Waals surface area contributed by atoms with Crippen LogP contribution in [0.2, 0.25) is 0 Å². The van der Waals surface area contributed by atoms with E-state index in [1.807, 2.05) is 6.62 Å². The van der Waals surface area contributed by atoms with Crippen LogP contribution in [-0.2, 0) is 0 Å². The Morgan fingerprint density at radius 2 is 1.07 bits per heavy atom. The van der Waals surface area contributed by atoms with Crippen molar-refractivity contribution in [1.29, 1.82) is 0 Å². The van der Waals surface area contributed by atoms with E-state index in [1.54, 1.807) is 17.7 Å². The molecule has 0 radical (unpaired) electrons. The van der Waals surface area contributed by atoms with Gasteiger partial charge in [-0.05, 0) is 0 Å². The van der Waals surface area contributed by atoms with Crippen LogP contribution in [0, 0.1) is 27.7 Å². The molecule has 74 valence electrons. The van der Waals surface area contributed by atoms with Gasteiger partial charge in [0, 0.05) is 0 Å². The zero-order chi connectivity index (χ0) is 10.3. The van der Waals surface area contributed by atoms with Gasteiger partial charge >= 0.3 is 110 Å². The first kappa shape index (κ1) is 11.8. The number of hydrogen-bond donors (Lipinski definition) is 0. The molecule has 0 bridgehead atoms. The molecule has 0 fully saturated rings. The molecular weight excluding hydrogens is 436 g/mol. The van der Waals surface area contributed by atoms with E-state index < -0.39 is 0 Å². The first-order valence-electron chi connectivity index (χ1n) is 4.38. The molecular formula is C10H12Se4+2. The molecule has 0 nitrogen and oxygen atoms in total. The monoisotopic (exact) mass is 452 g/mol. The van der Waals surface area contributed by atoms with Crippen molar-refractivity contribution in [3.05, 3.63) is 17.7 Å². The van der Waals surface area contributed by atoms with Crippen molar-refractivity contribution in [1.82, 2.24) is 0 Å². The minimum atomic E-state index is 0.744. The summed E-state index contributed by atoms with van der Waals surface area (Å²) in [7, 11) is 0. The van der Waals surface area contributed by atoms with Crippen molar-refractivity contribution in [3.63, 3.8) is 0 Å². The Labute approximate surface area is 109 Å². The summed E-state index contributed by atoms with van der Waals surface area (Å²) in [4.78, 5) is 0. The van der Waals surface area contributed by atoms with Gasteiger partial charge in [-0.2, -0.15) is 0 Å². The van der Waals surface area contributed by atoms with Gasteiger partial charge in [-0.25, -0.2) is 0 Å². The van der Waals surface area contributed by atoms with E-state index >= 15 is 0 Å². The van der Waals surface area contributed by atoms with Gasteiger partial charge in [-0.3, -0.25) is 0 Å². The molecule has 0 N–H and O–H groups in total. The second kappa shape index (κ2) is 4.66. The van der Waals surface area contributed by atoms with Crippen LogP contribution in [0.3, 0.4) is 0 Å². The van der Waals surface area contributed by atoms with E-state index in [0.717, 1.165) is 58.0 Å². The SMILES string of the molecule is Cc1[se]c(-c2[se]c(C)c(C)[se+]2)[se+]c1C. The predicted molar refractivity (Wildman–Crippen MR) is 67.4 cm³/mol. The molecule has 0 saturated carbocycles. The fraction of sp³-hybridized carbons (Fsp3) is 0.400. The third-order valence-corrected chi connectivity index (χ3v) is 18.1. The van der Waals surface area contributed by atoms with Gasteiger partial charge in [0.25, 0.3) is 0 Å². The maximum absolute atomic E-state index is 2.34. The molecule has 0 aliphatic carbocycles. The molecule has 0 aliphatic rings. The van der Waals surface area contributed by atoms with Gasteiger partial charge in [0.05, 0.1) is 0 Å². The average molecular weight is 448 g/mol. The van der Waals surface area contributed by atoms with Gasteiger partial charge in [0.15, 0.2) is 0 Å². The normalized spacial score (nSPS) is 10.9. The quantitative estimate of drug-likeness (QED) is 0.579. The first-order valence-corrected chi connectivity index (χ1v) is 11.2. The molecule has 2 aromatic heterocycles. The fourth-order valence-electron chi connectivity index (χ4n) is 1.05. The Hall–Kier alpha value is 1.30. The summed E-state index contributed by atoms with van der Waals surface area (Å²) in [6.07, 6.45) is 0. The van der Waals surface area contributed by atoms with Crippen LogP contribution < -0.4 is 0 Å². The summed E-state index contributed by atoms with van der Waals surface area (Å²) in [6, 6.07) is 0. The summed E-state index contributed by atoms with van der Waals surface area (Å²) in [6.45, 7) is 9.36. The zero-order valence-electron chi connectivity index (χ0n) is 8.63. The molecule has 2 rings (SSSR count). The number of aryl methyl sites for hydroxylation is 4. The van der Waals surface area contributed by atoms with Crippen molar-refractivity contribution in [2.75, 3.05) is 0 Å². The molecule has 4 heteroatoms. The van der Waals surface area contributed by atoms with Crippen LogP contribution in [0.15, 0.2) is 0 Å². The van der Waals surface area contributed by atoms with Gasteiger partial charge in [0.1, 0.15) is 0 Å². The number of rotatable bonds is 1. The van der Waals surface area contributed by atoms with E-state index in [9.17, 15) is 0 Å². The third kappa shape index (κ3) is 2.34. The summed E-state index contributed by atoms with van der Waals surface area (Å²) in [5.74, 6) is 0. The van der Waals surface area contributed by atoms with Crippen molar-refractivity contribution >= 4 is 58.0 Å². The van der Waals surface area contributed by atoms with Crippen LogP contribution in [-0.4, -0.2) is 58.0 Å². The molecule has 2 aromatic rings. The molecule has 0 spiro atoms. The summed E-state index contributed by atoms with van der Waals surface area (Å²) in [5, 5.41) is 0. The van der Waals surface area contributed by atoms with E-state index in [2.05, 4.69) is 27.7 Å². The molecule has 2 heterocycles. The van der Waals surface area contributed by atoms with Crippen LogP contribution in [0.4, 0.5) is 0 Å². The van der Waals surface area contributed by atoms with Crippen LogP contribution in [0.1, 0.15) is 17.7 Å². The summed E-state index contributed by atoms with van der Waals surface area (Å²) >= 11 is 2.98. The first-order chi connectivity index (χ1) is 6.58. The van der Waals surface area contributed by atoms with E-state index in [1.165, 1.54) is 0 Å². The minimum absolute atomic E-state index is 0.744. The zero-order valence-corrected chi connectivity index (χ0v) is 15.5. The maximum atomic E-state index is 2.34. The average Bonchev–Trinajstić information content (AvgIpc) is 2.60. The van der Waals surface area contributed by atoms with Gasteiger partial charge in [0.2, 0.25) is 0 Å². The van der Waals surface area contributed by atoms with Crippen molar-refractivity contribution in [2.24, 2.45) is 0 Å². The Kier molecular flexibility index (Phi) is 3.92. The molecule has 0 unspecified atom stereocenters. The second-order valence-electron chi connectivity index (χ2n) is 3.21. The summed E-state index contributed by atoms with van der Waals surface area (Å²) < 4.78 is 10.7. The molecule has 0 aromatic carbocycles. The van der Waals surface area contributed by atoms with Crippen LogP contribution in [0.25, 0.3) is 6.62 Å². The Balaban J connectivity index is 2.49. The molecule has 0 saturated heterocycles. The second-order valence-corrected chi connectivity index (χ2v) is 16.1. The molecule has 0 amide bonds. The predicted octanol–water partition coefficient (Wildman–Crippen LogP) is 1.38. The Morgan fingerprint density at radius 1 is 0.714 bits per heavy atom. The van der Waals surface area contributed by atoms with Crippen molar-refractivity contribution < 1.29 is 0 Å². The van der Waals surface area contributed by atoms with Gasteiger partial charge in [-0.1, -0.05) is 0 Å². The standard InChI is InChI=1S/C10H12Se4/c1-5-6(2)12-9(11-5)10-13-7(3)8(4)14-10/h1-4H3/q+2. The van der Waals surface area contributed by atoms with Gasteiger partial charge < -0.3 is 0 Å². The van der Waals surface area contributed by atoms with Crippen LogP contribution >= 0.6 is 0 Å². The van der Waals surface area contributed by atoms with E-state index in [0.29, 0.717) is 0 Å². The number of hydrogen-bond acceptors (Lipinski definition) is 0.